The molecule has 2 bridgehead atoms. The second-order valence-corrected chi connectivity index (χ2v) is 7.53. The van der Waals surface area contributed by atoms with Crippen LogP contribution in [0.1, 0.15) is 51.4 Å². The molecule has 0 radical (unpaired) electrons. The zero-order valence-electron chi connectivity index (χ0n) is 10.5. The number of thioether (sulfide) groups is 1. The van der Waals surface area contributed by atoms with Gasteiger partial charge in [0, 0.05) is 17.3 Å². The molecular formula is C14H25NS. The van der Waals surface area contributed by atoms with Crippen molar-refractivity contribution in [3.05, 3.63) is 0 Å². The van der Waals surface area contributed by atoms with Gasteiger partial charge in [-0.3, -0.25) is 0 Å². The summed E-state index contributed by atoms with van der Waals surface area (Å²) in [6, 6.07) is 0.878. The SMILES string of the molecule is CSC1(CNC2CC3CCC2C3)CCCC1. The van der Waals surface area contributed by atoms with Crippen LogP contribution in [0.3, 0.4) is 0 Å². The second kappa shape index (κ2) is 4.53. The minimum absolute atomic E-state index is 0.599. The smallest absolute Gasteiger partial charge is 0.0281 e. The topological polar surface area (TPSA) is 12.0 Å². The predicted octanol–water partition coefficient (Wildman–Crippen LogP) is 3.44. The molecule has 0 aromatic heterocycles. The van der Waals surface area contributed by atoms with Gasteiger partial charge in [0.1, 0.15) is 0 Å². The highest BCUT2D eigenvalue weighted by atomic mass is 32.2. The summed E-state index contributed by atoms with van der Waals surface area (Å²) in [5.74, 6) is 2.11. The number of nitrogens with one attached hydrogen (secondary N) is 1. The lowest BCUT2D eigenvalue weighted by Gasteiger charge is -2.31. The van der Waals surface area contributed by atoms with Gasteiger partial charge in [-0.25, -0.2) is 0 Å². The van der Waals surface area contributed by atoms with Crippen molar-refractivity contribution in [1.29, 1.82) is 0 Å². The largest absolute Gasteiger partial charge is 0.312 e. The van der Waals surface area contributed by atoms with Crippen LogP contribution in [0.4, 0.5) is 0 Å². The molecule has 3 rings (SSSR count). The summed E-state index contributed by atoms with van der Waals surface area (Å²) in [4.78, 5) is 0. The Morgan fingerprint density at radius 2 is 2.00 bits per heavy atom. The maximum Gasteiger partial charge on any atom is 0.0281 e. The first kappa shape index (κ1) is 11.4. The van der Waals surface area contributed by atoms with Crippen molar-refractivity contribution >= 4 is 11.8 Å². The van der Waals surface area contributed by atoms with Crippen molar-refractivity contribution in [2.75, 3.05) is 12.8 Å². The summed E-state index contributed by atoms with van der Waals surface area (Å²) in [7, 11) is 0. The molecule has 0 spiro atoms. The van der Waals surface area contributed by atoms with Crippen LogP contribution in [0.15, 0.2) is 0 Å². The van der Waals surface area contributed by atoms with Gasteiger partial charge in [-0.1, -0.05) is 19.3 Å². The number of fused-ring (bicyclic) bond motifs is 2. The molecule has 1 nitrogen and oxygen atoms in total. The van der Waals surface area contributed by atoms with Crippen molar-refractivity contribution in [2.24, 2.45) is 11.8 Å². The number of hydrogen-bond donors (Lipinski definition) is 1. The Kier molecular flexibility index (Phi) is 3.23. The van der Waals surface area contributed by atoms with E-state index >= 15 is 0 Å². The maximum atomic E-state index is 3.93. The molecule has 0 amide bonds. The predicted molar refractivity (Wildman–Crippen MR) is 72.0 cm³/mol. The molecular weight excluding hydrogens is 214 g/mol. The Bertz CT molecular complexity index is 247. The molecule has 3 aliphatic carbocycles. The first-order valence-corrected chi connectivity index (χ1v) is 8.32. The molecule has 0 saturated heterocycles. The molecule has 3 unspecified atom stereocenters. The van der Waals surface area contributed by atoms with Crippen LogP contribution < -0.4 is 5.32 Å². The van der Waals surface area contributed by atoms with E-state index < -0.39 is 0 Å². The molecule has 0 aromatic carbocycles. The van der Waals surface area contributed by atoms with Gasteiger partial charge in [0.05, 0.1) is 0 Å². The molecule has 0 heterocycles. The van der Waals surface area contributed by atoms with Crippen LogP contribution in [0.25, 0.3) is 0 Å². The van der Waals surface area contributed by atoms with Gasteiger partial charge in [0.2, 0.25) is 0 Å². The van der Waals surface area contributed by atoms with Crippen molar-refractivity contribution in [1.82, 2.24) is 5.32 Å². The normalized spacial score (nSPS) is 40.7. The standard InChI is InChI=1S/C14H25NS/c1-16-14(6-2-3-7-14)10-15-13-9-11-4-5-12(13)8-11/h11-13,15H,2-10H2,1H3. The van der Waals surface area contributed by atoms with Crippen LogP contribution in [0.2, 0.25) is 0 Å². The molecule has 1 N–H and O–H groups in total. The van der Waals surface area contributed by atoms with Gasteiger partial charge in [0.15, 0.2) is 0 Å². The zero-order chi connectivity index (χ0) is 11.0. The minimum atomic E-state index is 0.599. The monoisotopic (exact) mass is 239 g/mol. The average Bonchev–Trinajstić information content (AvgIpc) is 3.03. The lowest BCUT2D eigenvalue weighted by Crippen LogP contribution is -2.43. The van der Waals surface area contributed by atoms with Crippen LogP contribution in [0, 0.1) is 11.8 Å². The maximum absolute atomic E-state index is 3.93. The van der Waals surface area contributed by atoms with Crippen molar-refractivity contribution in [2.45, 2.75) is 62.2 Å². The molecule has 16 heavy (non-hydrogen) atoms. The highest BCUT2D eigenvalue weighted by Gasteiger charge is 2.41. The van der Waals surface area contributed by atoms with Crippen molar-refractivity contribution < 1.29 is 0 Å². The summed E-state index contributed by atoms with van der Waals surface area (Å²) in [6.45, 7) is 1.28. The van der Waals surface area contributed by atoms with E-state index in [9.17, 15) is 0 Å². The summed E-state index contributed by atoms with van der Waals surface area (Å²) in [5.41, 5.74) is 0. The van der Waals surface area contributed by atoms with Crippen molar-refractivity contribution in [3.8, 4) is 0 Å². The highest BCUT2D eigenvalue weighted by Crippen LogP contribution is 2.45. The summed E-state index contributed by atoms with van der Waals surface area (Å²) < 4.78 is 0.599. The second-order valence-electron chi connectivity index (χ2n) is 6.26. The molecule has 92 valence electrons. The summed E-state index contributed by atoms with van der Waals surface area (Å²) in [5, 5.41) is 3.93. The van der Waals surface area contributed by atoms with E-state index in [0.29, 0.717) is 4.75 Å². The van der Waals surface area contributed by atoms with E-state index in [1.807, 2.05) is 0 Å². The Morgan fingerprint density at radius 3 is 2.56 bits per heavy atom. The average molecular weight is 239 g/mol. The van der Waals surface area contributed by atoms with Crippen LogP contribution in [0.5, 0.6) is 0 Å². The molecule has 3 atom stereocenters. The van der Waals surface area contributed by atoms with Crippen molar-refractivity contribution in [3.63, 3.8) is 0 Å². The Balaban J connectivity index is 1.52. The fourth-order valence-corrected chi connectivity index (χ4v) is 5.21. The molecule has 3 saturated carbocycles. The minimum Gasteiger partial charge on any atom is -0.312 e. The van der Waals surface area contributed by atoms with Gasteiger partial charge < -0.3 is 5.32 Å². The highest BCUT2D eigenvalue weighted by molar-refractivity contribution is 8.00. The molecule has 0 aromatic rings. The van der Waals surface area contributed by atoms with Gasteiger partial charge in [-0.2, -0.15) is 11.8 Å². The van der Waals surface area contributed by atoms with Crippen LogP contribution >= 0.6 is 11.8 Å². The van der Waals surface area contributed by atoms with E-state index in [0.717, 1.165) is 17.9 Å². The third-order valence-electron chi connectivity index (χ3n) is 5.37. The first-order chi connectivity index (χ1) is 7.81. The van der Waals surface area contributed by atoms with Crippen LogP contribution in [-0.2, 0) is 0 Å². The van der Waals surface area contributed by atoms with Crippen LogP contribution in [-0.4, -0.2) is 23.6 Å². The Hall–Kier alpha value is 0.310. The van der Waals surface area contributed by atoms with Gasteiger partial charge in [-0.05, 0) is 50.2 Å². The number of hydrogen-bond acceptors (Lipinski definition) is 2. The van der Waals surface area contributed by atoms with E-state index in [4.69, 9.17) is 0 Å². The Morgan fingerprint density at radius 1 is 1.19 bits per heavy atom. The van der Waals surface area contributed by atoms with Gasteiger partial charge >= 0.3 is 0 Å². The number of rotatable bonds is 4. The quantitative estimate of drug-likeness (QED) is 0.806. The molecule has 0 aliphatic heterocycles. The lowest BCUT2D eigenvalue weighted by atomic mass is 9.94. The molecule has 2 heteroatoms. The van der Waals surface area contributed by atoms with Gasteiger partial charge in [-0.15, -0.1) is 0 Å². The fraction of sp³-hybridized carbons (Fsp3) is 1.00. The third-order valence-corrected chi connectivity index (χ3v) is 6.79. The first-order valence-electron chi connectivity index (χ1n) is 7.10. The third kappa shape index (κ3) is 2.03. The van der Waals surface area contributed by atoms with E-state index in [-0.39, 0.29) is 0 Å². The summed E-state index contributed by atoms with van der Waals surface area (Å²) in [6.07, 6.45) is 14.2. The molecule has 3 aliphatic rings. The molecule has 3 fully saturated rings. The van der Waals surface area contributed by atoms with Gasteiger partial charge in [0.25, 0.3) is 0 Å². The fourth-order valence-electron chi connectivity index (χ4n) is 4.28. The Labute approximate surface area is 104 Å². The lowest BCUT2D eigenvalue weighted by molar-refractivity contribution is 0.338. The van der Waals surface area contributed by atoms with E-state index in [1.54, 1.807) is 0 Å². The zero-order valence-corrected chi connectivity index (χ0v) is 11.3. The summed E-state index contributed by atoms with van der Waals surface area (Å²) >= 11 is 2.12. The van der Waals surface area contributed by atoms with E-state index in [2.05, 4.69) is 23.3 Å². The van der Waals surface area contributed by atoms with E-state index in [1.165, 1.54) is 57.9 Å².